The minimum absolute atomic E-state index is 0.182. The van der Waals surface area contributed by atoms with Crippen LogP contribution in [-0.2, 0) is 17.8 Å². The van der Waals surface area contributed by atoms with Gasteiger partial charge in [0.15, 0.2) is 11.5 Å². The van der Waals surface area contributed by atoms with E-state index in [4.69, 9.17) is 14.8 Å². The monoisotopic (exact) mass is 361 g/mol. The topological polar surface area (TPSA) is 65.2 Å². The molecule has 0 unspecified atom stereocenters. The second-order valence-electron chi connectivity index (χ2n) is 7.33. The molecule has 0 aliphatic carbocycles. The van der Waals surface area contributed by atoms with Gasteiger partial charge in [0.05, 0.1) is 23.1 Å². The summed E-state index contributed by atoms with van der Waals surface area (Å²) in [4.78, 5) is 16.4. The van der Waals surface area contributed by atoms with Crippen LogP contribution in [0, 0.1) is 0 Å². The van der Waals surface area contributed by atoms with Crippen LogP contribution in [0.2, 0.25) is 0 Å². The van der Waals surface area contributed by atoms with Crippen LogP contribution in [0.25, 0.3) is 38.3 Å². The highest BCUT2D eigenvalue weighted by atomic mass is 32.1. The summed E-state index contributed by atoms with van der Waals surface area (Å²) in [5, 5.41) is 6.89. The Morgan fingerprint density at radius 3 is 3.00 bits per heavy atom. The molecule has 5 heterocycles. The molecule has 0 N–H and O–H groups in total. The summed E-state index contributed by atoms with van der Waals surface area (Å²) in [6, 6.07) is 8.01. The highest BCUT2D eigenvalue weighted by molar-refractivity contribution is 7.19. The molecule has 128 valence electrons. The molecule has 0 saturated carbocycles. The minimum atomic E-state index is -0.182. The average molecular weight is 361 g/mol. The fourth-order valence-corrected chi connectivity index (χ4v) is 4.83. The lowest BCUT2D eigenvalue weighted by atomic mass is 9.94. The van der Waals surface area contributed by atoms with Crippen LogP contribution < -0.4 is 0 Å². The second-order valence-corrected chi connectivity index (χ2v) is 8.42. The Labute approximate surface area is 152 Å². The van der Waals surface area contributed by atoms with Crippen LogP contribution in [-0.4, -0.2) is 30.2 Å². The first-order valence-electron chi connectivity index (χ1n) is 8.57. The number of rotatable bonds is 0. The highest BCUT2D eigenvalue weighted by Gasteiger charge is 2.31. The summed E-state index contributed by atoms with van der Waals surface area (Å²) >= 11 is 1.69. The van der Waals surface area contributed by atoms with Gasteiger partial charge < -0.3 is 4.74 Å². The van der Waals surface area contributed by atoms with Gasteiger partial charge in [0.1, 0.15) is 16.9 Å². The first-order valence-corrected chi connectivity index (χ1v) is 9.39. The van der Waals surface area contributed by atoms with Crippen molar-refractivity contribution in [1.82, 2.24) is 24.6 Å². The maximum atomic E-state index is 5.97. The molecule has 3 aliphatic rings. The lowest BCUT2D eigenvalue weighted by molar-refractivity contribution is -0.0379. The molecule has 6 rings (SSSR count). The molecule has 3 aliphatic heterocycles. The van der Waals surface area contributed by atoms with Crippen molar-refractivity contribution in [2.24, 2.45) is 0 Å². The molecule has 0 saturated heterocycles. The van der Waals surface area contributed by atoms with Gasteiger partial charge in [0.2, 0.25) is 0 Å². The molecular formula is C19H15N5OS. The number of para-hydroxylation sites is 1. The van der Waals surface area contributed by atoms with Crippen LogP contribution in [0.3, 0.4) is 0 Å². The number of benzene rings is 1. The SMILES string of the molecule is CC1(C)Cc2c(sc3ncn4nc5c6ccccc6nc-5nc4c23)CO1. The van der Waals surface area contributed by atoms with E-state index in [1.807, 2.05) is 24.3 Å². The number of ether oxygens (including phenoxy) is 1. The molecule has 0 fully saturated rings. The largest absolute Gasteiger partial charge is 0.370 e. The molecule has 6 nitrogen and oxygen atoms in total. The van der Waals surface area contributed by atoms with Gasteiger partial charge in [-0.1, -0.05) is 18.2 Å². The molecule has 0 bridgehead atoms. The summed E-state index contributed by atoms with van der Waals surface area (Å²) in [5.41, 5.74) is 3.66. The molecule has 0 amide bonds. The molecule has 3 aromatic rings. The predicted molar refractivity (Wildman–Crippen MR) is 101 cm³/mol. The number of hydrogen-bond acceptors (Lipinski definition) is 6. The van der Waals surface area contributed by atoms with E-state index in [0.717, 1.165) is 38.9 Å². The quantitative estimate of drug-likeness (QED) is 0.419. The molecule has 7 heteroatoms. The third kappa shape index (κ3) is 1.89. The fourth-order valence-electron chi connectivity index (χ4n) is 3.76. The zero-order chi connectivity index (χ0) is 17.5. The number of thiophene rings is 1. The van der Waals surface area contributed by atoms with E-state index in [1.54, 1.807) is 22.2 Å². The average Bonchev–Trinajstić information content (AvgIpc) is 3.16. The van der Waals surface area contributed by atoms with Gasteiger partial charge in [-0.3, -0.25) is 0 Å². The minimum Gasteiger partial charge on any atom is -0.370 e. The second kappa shape index (κ2) is 4.75. The Kier molecular flexibility index (Phi) is 2.65. The summed E-state index contributed by atoms with van der Waals surface area (Å²) in [5.74, 6) is 0.685. The fraction of sp³-hybridized carbons (Fsp3) is 0.263. The van der Waals surface area contributed by atoms with E-state index < -0.39 is 0 Å². The molecule has 0 atom stereocenters. The molecule has 26 heavy (non-hydrogen) atoms. The first-order chi connectivity index (χ1) is 12.6. The Hall–Kier alpha value is -2.64. The van der Waals surface area contributed by atoms with Crippen molar-refractivity contribution < 1.29 is 4.74 Å². The molecule has 0 radical (unpaired) electrons. The van der Waals surface area contributed by atoms with E-state index in [0.29, 0.717) is 12.4 Å². The Bertz CT molecular complexity index is 1300. The van der Waals surface area contributed by atoms with Crippen LogP contribution in [0.15, 0.2) is 30.6 Å². The zero-order valence-electron chi connectivity index (χ0n) is 14.4. The number of nitrogens with zero attached hydrogens (tertiary/aromatic N) is 5. The normalized spacial score (nSPS) is 16.7. The van der Waals surface area contributed by atoms with Gasteiger partial charge in [0.25, 0.3) is 0 Å². The third-order valence-electron chi connectivity index (χ3n) is 5.01. The van der Waals surface area contributed by atoms with E-state index in [9.17, 15) is 0 Å². The lowest BCUT2D eigenvalue weighted by Crippen LogP contribution is -2.31. The Balaban J connectivity index is 1.74. The summed E-state index contributed by atoms with van der Waals surface area (Å²) in [6.07, 6.45) is 2.60. The first kappa shape index (κ1) is 14.5. The van der Waals surface area contributed by atoms with Crippen molar-refractivity contribution in [1.29, 1.82) is 0 Å². The van der Waals surface area contributed by atoms with E-state index in [2.05, 4.69) is 23.8 Å². The number of fused-ring (bicyclic) bond motifs is 8. The maximum absolute atomic E-state index is 5.97. The Morgan fingerprint density at radius 2 is 2.08 bits per heavy atom. The van der Waals surface area contributed by atoms with Crippen molar-refractivity contribution >= 4 is 38.1 Å². The molecule has 0 spiro atoms. The Morgan fingerprint density at radius 1 is 1.19 bits per heavy atom. The maximum Gasteiger partial charge on any atom is 0.183 e. The van der Waals surface area contributed by atoms with Gasteiger partial charge in [0, 0.05) is 16.7 Å². The highest BCUT2D eigenvalue weighted by Crippen LogP contribution is 2.40. The summed E-state index contributed by atoms with van der Waals surface area (Å²) < 4.78 is 7.76. The standard InChI is InChI=1S/C19H15N5OS/c1-19(2)7-11-13(8-25-19)26-18-14(11)17-22-16-15(23-24(17)9-20-18)10-5-3-4-6-12(10)21-16/h3-6,9H,7-8H2,1-2H3. The molecular weight excluding hydrogens is 346 g/mol. The van der Waals surface area contributed by atoms with Gasteiger partial charge in [-0.2, -0.15) is 5.10 Å². The van der Waals surface area contributed by atoms with Gasteiger partial charge >= 0.3 is 0 Å². The van der Waals surface area contributed by atoms with Crippen LogP contribution in [0.1, 0.15) is 24.3 Å². The number of aromatic nitrogens is 5. The van der Waals surface area contributed by atoms with E-state index in [-0.39, 0.29) is 5.60 Å². The predicted octanol–water partition coefficient (Wildman–Crippen LogP) is 3.84. The van der Waals surface area contributed by atoms with Gasteiger partial charge in [-0.05, 0) is 25.5 Å². The van der Waals surface area contributed by atoms with Crippen LogP contribution in [0.5, 0.6) is 0 Å². The van der Waals surface area contributed by atoms with Crippen molar-refractivity contribution in [2.75, 3.05) is 0 Å². The van der Waals surface area contributed by atoms with E-state index in [1.165, 1.54) is 10.4 Å². The van der Waals surface area contributed by atoms with Crippen molar-refractivity contribution in [3.05, 3.63) is 41.0 Å². The van der Waals surface area contributed by atoms with Crippen molar-refractivity contribution in [3.63, 3.8) is 0 Å². The van der Waals surface area contributed by atoms with Gasteiger partial charge in [-0.25, -0.2) is 19.5 Å². The molecule has 1 aromatic carbocycles. The van der Waals surface area contributed by atoms with E-state index >= 15 is 0 Å². The van der Waals surface area contributed by atoms with Crippen molar-refractivity contribution in [2.45, 2.75) is 32.5 Å². The van der Waals surface area contributed by atoms with Crippen LogP contribution >= 0.6 is 11.3 Å². The summed E-state index contributed by atoms with van der Waals surface area (Å²) in [7, 11) is 0. The van der Waals surface area contributed by atoms with Crippen molar-refractivity contribution in [3.8, 4) is 11.5 Å². The zero-order valence-corrected chi connectivity index (χ0v) is 15.2. The summed E-state index contributed by atoms with van der Waals surface area (Å²) in [6.45, 7) is 4.88. The van der Waals surface area contributed by atoms with Crippen LogP contribution in [0.4, 0.5) is 0 Å². The molecule has 2 aromatic heterocycles. The van der Waals surface area contributed by atoms with Gasteiger partial charge in [-0.15, -0.1) is 11.3 Å². The third-order valence-corrected chi connectivity index (χ3v) is 6.12. The smallest absolute Gasteiger partial charge is 0.183 e. The number of hydrogen-bond donors (Lipinski definition) is 0. The lowest BCUT2D eigenvalue weighted by Gasteiger charge is -2.30.